The molecular formula is C14H18N4O3S. The van der Waals surface area contributed by atoms with E-state index in [4.69, 9.17) is 4.52 Å². The van der Waals surface area contributed by atoms with E-state index in [1.54, 1.807) is 19.1 Å². The molecule has 118 valence electrons. The Hall–Kier alpha value is -1.80. The van der Waals surface area contributed by atoms with Crippen molar-refractivity contribution in [2.24, 2.45) is 0 Å². The second-order valence-electron chi connectivity index (χ2n) is 5.32. The molecule has 7 nitrogen and oxygen atoms in total. The van der Waals surface area contributed by atoms with Gasteiger partial charge < -0.3 is 4.52 Å². The van der Waals surface area contributed by atoms with E-state index in [0.29, 0.717) is 24.7 Å². The summed E-state index contributed by atoms with van der Waals surface area (Å²) < 4.78 is 32.3. The highest BCUT2D eigenvalue weighted by Gasteiger charge is 2.36. The van der Waals surface area contributed by atoms with Gasteiger partial charge in [0.1, 0.15) is 0 Å². The molecule has 3 heterocycles. The minimum absolute atomic E-state index is 0.0575. The van der Waals surface area contributed by atoms with Gasteiger partial charge in [0.2, 0.25) is 5.89 Å². The van der Waals surface area contributed by atoms with Gasteiger partial charge in [0.05, 0.1) is 6.04 Å². The van der Waals surface area contributed by atoms with Gasteiger partial charge in [-0.2, -0.15) is 9.29 Å². The molecule has 2 aromatic rings. The second-order valence-corrected chi connectivity index (χ2v) is 7.16. The molecule has 0 aliphatic carbocycles. The van der Waals surface area contributed by atoms with E-state index in [-0.39, 0.29) is 5.03 Å². The van der Waals surface area contributed by atoms with Crippen LogP contribution in [0.2, 0.25) is 0 Å². The molecular weight excluding hydrogens is 304 g/mol. The largest absolute Gasteiger partial charge is 0.340 e. The lowest BCUT2D eigenvalue weighted by Crippen LogP contribution is -2.35. The Balaban J connectivity index is 2.00. The number of aryl methyl sites for hydroxylation is 1. The molecule has 0 aromatic carbocycles. The van der Waals surface area contributed by atoms with Gasteiger partial charge in [0, 0.05) is 19.7 Å². The summed E-state index contributed by atoms with van der Waals surface area (Å²) in [6.45, 7) is 2.14. The zero-order valence-corrected chi connectivity index (χ0v) is 13.2. The molecule has 0 spiro atoms. The Morgan fingerprint density at radius 2 is 2.14 bits per heavy atom. The van der Waals surface area contributed by atoms with Crippen molar-refractivity contribution in [3.05, 3.63) is 36.1 Å². The fraction of sp³-hybridized carbons (Fsp3) is 0.500. The summed E-state index contributed by atoms with van der Waals surface area (Å²) in [4.78, 5) is 8.22. The van der Waals surface area contributed by atoms with E-state index in [1.807, 2.05) is 0 Å². The van der Waals surface area contributed by atoms with Gasteiger partial charge in [0.15, 0.2) is 10.9 Å². The van der Waals surface area contributed by atoms with Crippen LogP contribution in [0.15, 0.2) is 33.9 Å². The lowest BCUT2D eigenvalue weighted by molar-refractivity contribution is 0.302. The maximum absolute atomic E-state index is 12.9. The molecule has 1 saturated heterocycles. The molecule has 22 heavy (non-hydrogen) atoms. The molecule has 0 N–H and O–H groups in total. The summed E-state index contributed by atoms with van der Waals surface area (Å²) >= 11 is 0. The van der Waals surface area contributed by atoms with Gasteiger partial charge in [-0.1, -0.05) is 24.1 Å². The average molecular weight is 322 g/mol. The molecule has 2 aromatic heterocycles. The van der Waals surface area contributed by atoms with Crippen molar-refractivity contribution in [2.75, 3.05) is 6.54 Å². The molecule has 8 heteroatoms. The van der Waals surface area contributed by atoms with Crippen LogP contribution in [0.25, 0.3) is 0 Å². The second kappa shape index (κ2) is 6.13. The third kappa shape index (κ3) is 2.89. The number of rotatable bonds is 3. The predicted molar refractivity (Wildman–Crippen MR) is 78.4 cm³/mol. The highest BCUT2D eigenvalue weighted by molar-refractivity contribution is 7.89. The molecule has 1 aliphatic heterocycles. The van der Waals surface area contributed by atoms with Gasteiger partial charge in [-0.05, 0) is 25.0 Å². The van der Waals surface area contributed by atoms with Gasteiger partial charge in [-0.3, -0.25) is 0 Å². The van der Waals surface area contributed by atoms with Crippen LogP contribution in [-0.4, -0.2) is 34.4 Å². The molecule has 1 atom stereocenters. The van der Waals surface area contributed by atoms with Crippen LogP contribution < -0.4 is 0 Å². The molecule has 1 aliphatic rings. The predicted octanol–water partition coefficient (Wildman–Crippen LogP) is 2.08. The van der Waals surface area contributed by atoms with Crippen molar-refractivity contribution in [1.82, 2.24) is 19.4 Å². The van der Waals surface area contributed by atoms with Crippen LogP contribution in [-0.2, 0) is 10.0 Å². The van der Waals surface area contributed by atoms with Crippen molar-refractivity contribution >= 4 is 10.0 Å². The molecule has 1 fully saturated rings. The van der Waals surface area contributed by atoms with E-state index < -0.39 is 16.1 Å². The van der Waals surface area contributed by atoms with Crippen molar-refractivity contribution in [2.45, 2.75) is 43.7 Å². The summed E-state index contributed by atoms with van der Waals surface area (Å²) in [6, 6.07) is 4.48. The lowest BCUT2D eigenvalue weighted by Gasteiger charge is -2.26. The van der Waals surface area contributed by atoms with Crippen LogP contribution in [0.1, 0.15) is 43.4 Å². The number of aromatic nitrogens is 3. The number of sulfonamides is 1. The van der Waals surface area contributed by atoms with Gasteiger partial charge >= 0.3 is 0 Å². The first-order valence-corrected chi connectivity index (χ1v) is 8.76. The van der Waals surface area contributed by atoms with Crippen molar-refractivity contribution < 1.29 is 12.9 Å². The first kappa shape index (κ1) is 15.1. The Morgan fingerprint density at radius 3 is 2.82 bits per heavy atom. The summed E-state index contributed by atoms with van der Waals surface area (Å²) in [5.74, 6) is 0.869. The number of pyridine rings is 1. The molecule has 0 radical (unpaired) electrons. The van der Waals surface area contributed by atoms with E-state index >= 15 is 0 Å². The normalized spacial score (nSPS) is 20.7. The maximum atomic E-state index is 12.9. The van der Waals surface area contributed by atoms with Gasteiger partial charge in [-0.15, -0.1) is 0 Å². The maximum Gasteiger partial charge on any atom is 0.261 e. The Morgan fingerprint density at radius 1 is 1.27 bits per heavy atom. The zero-order chi connectivity index (χ0) is 15.6. The Bertz CT molecular complexity index is 730. The number of hydrogen-bond acceptors (Lipinski definition) is 6. The lowest BCUT2D eigenvalue weighted by atomic mass is 10.1. The van der Waals surface area contributed by atoms with Crippen LogP contribution >= 0.6 is 0 Å². The van der Waals surface area contributed by atoms with Gasteiger partial charge in [0.25, 0.3) is 10.0 Å². The first-order chi connectivity index (χ1) is 10.6. The fourth-order valence-electron chi connectivity index (χ4n) is 2.70. The first-order valence-electron chi connectivity index (χ1n) is 7.32. The average Bonchev–Trinajstić information content (AvgIpc) is 2.81. The molecule has 0 amide bonds. The fourth-order valence-corrected chi connectivity index (χ4v) is 4.29. The minimum atomic E-state index is -3.67. The standard InChI is InChI=1S/C14H18N4O3S/c1-11-16-14(17-21-11)12-7-3-2-6-10-18(12)22(19,20)13-8-4-5-9-15-13/h4-5,8-9,12H,2-3,6-7,10H2,1H3/t12-/m0/s1. The zero-order valence-electron chi connectivity index (χ0n) is 12.3. The monoisotopic (exact) mass is 322 g/mol. The highest BCUT2D eigenvalue weighted by atomic mass is 32.2. The summed E-state index contributed by atoms with van der Waals surface area (Å²) in [5.41, 5.74) is 0. The SMILES string of the molecule is Cc1nc([C@@H]2CCCCCN2S(=O)(=O)c2ccccn2)no1. The third-order valence-electron chi connectivity index (χ3n) is 3.76. The van der Waals surface area contributed by atoms with Crippen molar-refractivity contribution in [3.63, 3.8) is 0 Å². The summed E-state index contributed by atoms with van der Waals surface area (Å²) in [6.07, 6.45) is 4.91. The van der Waals surface area contributed by atoms with E-state index in [0.717, 1.165) is 19.3 Å². The molecule has 3 rings (SSSR count). The van der Waals surface area contributed by atoms with Gasteiger partial charge in [-0.25, -0.2) is 13.4 Å². The van der Waals surface area contributed by atoms with Crippen LogP contribution in [0.3, 0.4) is 0 Å². The molecule has 0 unspecified atom stereocenters. The smallest absolute Gasteiger partial charge is 0.261 e. The Labute approximate surface area is 129 Å². The molecule has 0 saturated carbocycles. The topological polar surface area (TPSA) is 89.2 Å². The number of nitrogens with zero attached hydrogens (tertiary/aromatic N) is 4. The van der Waals surface area contributed by atoms with Crippen LogP contribution in [0.5, 0.6) is 0 Å². The number of hydrogen-bond donors (Lipinski definition) is 0. The summed E-state index contributed by atoms with van der Waals surface area (Å²) in [7, 11) is -3.67. The highest BCUT2D eigenvalue weighted by Crippen LogP contribution is 2.32. The third-order valence-corrected chi connectivity index (χ3v) is 5.58. The minimum Gasteiger partial charge on any atom is -0.340 e. The van der Waals surface area contributed by atoms with Crippen LogP contribution in [0.4, 0.5) is 0 Å². The van der Waals surface area contributed by atoms with Crippen LogP contribution in [0, 0.1) is 6.92 Å². The quantitative estimate of drug-likeness (QED) is 0.859. The van der Waals surface area contributed by atoms with Crippen molar-refractivity contribution in [3.8, 4) is 0 Å². The van der Waals surface area contributed by atoms with E-state index in [1.165, 1.54) is 16.6 Å². The summed E-state index contributed by atoms with van der Waals surface area (Å²) in [5, 5.41) is 3.98. The Kier molecular flexibility index (Phi) is 4.21. The van der Waals surface area contributed by atoms with E-state index in [9.17, 15) is 8.42 Å². The molecule has 0 bridgehead atoms. The van der Waals surface area contributed by atoms with Crippen molar-refractivity contribution in [1.29, 1.82) is 0 Å². The van der Waals surface area contributed by atoms with E-state index in [2.05, 4.69) is 15.1 Å².